The number of hydrogen-bond donors (Lipinski definition) is 1. The first-order valence-corrected chi connectivity index (χ1v) is 6.00. The average Bonchev–Trinajstić information content (AvgIpc) is 2.87. The first-order chi connectivity index (χ1) is 8.61. The van der Waals surface area contributed by atoms with Crippen molar-refractivity contribution in [2.75, 3.05) is 11.9 Å². The Balaban J connectivity index is 2.32. The smallest absolute Gasteiger partial charge is 0.345 e. The summed E-state index contributed by atoms with van der Waals surface area (Å²) >= 11 is 1.20. The van der Waals surface area contributed by atoms with Crippen LogP contribution >= 0.6 is 11.3 Å². The zero-order valence-electron chi connectivity index (χ0n) is 9.62. The number of thiophene rings is 1. The molecule has 0 aliphatic rings. The molecule has 18 heavy (non-hydrogen) atoms. The summed E-state index contributed by atoms with van der Waals surface area (Å²) in [6.07, 6.45) is 0. The van der Waals surface area contributed by atoms with E-state index in [9.17, 15) is 4.79 Å². The third-order valence-electron chi connectivity index (χ3n) is 2.50. The number of carbonyl (C=O) groups is 1. The third kappa shape index (κ3) is 2.34. The fourth-order valence-electron chi connectivity index (χ4n) is 1.53. The quantitative estimate of drug-likeness (QED) is 0.918. The molecule has 0 bridgehead atoms. The molecule has 5 heteroatoms. The Kier molecular flexibility index (Phi) is 3.31. The van der Waals surface area contributed by atoms with Gasteiger partial charge in [0.05, 0.1) is 16.6 Å². The molecule has 1 aromatic heterocycles. The van der Waals surface area contributed by atoms with E-state index < -0.39 is 5.97 Å². The van der Waals surface area contributed by atoms with Crippen molar-refractivity contribution in [3.8, 4) is 6.07 Å². The molecule has 0 spiro atoms. The van der Waals surface area contributed by atoms with Crippen LogP contribution in [0.4, 0.5) is 10.7 Å². The monoisotopic (exact) mass is 258 g/mol. The molecule has 1 aromatic carbocycles. The maximum Gasteiger partial charge on any atom is 0.345 e. The van der Waals surface area contributed by atoms with Crippen molar-refractivity contribution in [3.05, 3.63) is 46.8 Å². The maximum atomic E-state index is 10.8. The second-order valence-electron chi connectivity index (χ2n) is 3.66. The number of aromatic carboxylic acids is 1. The molecule has 90 valence electrons. The maximum absolute atomic E-state index is 10.8. The van der Waals surface area contributed by atoms with E-state index in [-0.39, 0.29) is 0 Å². The van der Waals surface area contributed by atoms with Gasteiger partial charge in [-0.2, -0.15) is 5.26 Å². The Labute approximate surface area is 108 Å². The molecular formula is C13H10N2O2S. The molecular weight excluding hydrogens is 248 g/mol. The van der Waals surface area contributed by atoms with Crippen LogP contribution in [0.15, 0.2) is 36.4 Å². The molecule has 0 amide bonds. The number of hydrogen-bond acceptors (Lipinski definition) is 4. The number of nitriles is 1. The van der Waals surface area contributed by atoms with Crippen LogP contribution in [0.3, 0.4) is 0 Å². The first kappa shape index (κ1) is 12.1. The Bertz CT molecular complexity index is 628. The van der Waals surface area contributed by atoms with Gasteiger partial charge in [0.15, 0.2) is 0 Å². The normalized spacial score (nSPS) is 9.78. The van der Waals surface area contributed by atoms with Crippen LogP contribution in [0.1, 0.15) is 15.2 Å². The van der Waals surface area contributed by atoms with Gasteiger partial charge in [0, 0.05) is 12.7 Å². The lowest BCUT2D eigenvalue weighted by Gasteiger charge is -2.17. The van der Waals surface area contributed by atoms with Crippen molar-refractivity contribution in [2.24, 2.45) is 0 Å². The molecule has 1 heterocycles. The van der Waals surface area contributed by atoms with Crippen LogP contribution in [0, 0.1) is 11.3 Å². The van der Waals surface area contributed by atoms with E-state index in [1.54, 1.807) is 30.3 Å². The molecule has 0 unspecified atom stereocenters. The molecule has 0 radical (unpaired) electrons. The average molecular weight is 258 g/mol. The number of carboxylic acids is 1. The molecule has 2 aromatic rings. The summed E-state index contributed by atoms with van der Waals surface area (Å²) in [5.41, 5.74) is 1.43. The number of nitrogens with zero attached hydrogens (tertiary/aromatic N) is 2. The predicted octanol–water partition coefficient (Wildman–Crippen LogP) is 3.09. The summed E-state index contributed by atoms with van der Waals surface area (Å²) in [6, 6.07) is 12.6. The molecule has 0 aliphatic carbocycles. The van der Waals surface area contributed by atoms with Crippen LogP contribution in [0.2, 0.25) is 0 Å². The molecule has 0 saturated heterocycles. The van der Waals surface area contributed by atoms with Crippen molar-refractivity contribution < 1.29 is 9.90 Å². The van der Waals surface area contributed by atoms with Gasteiger partial charge >= 0.3 is 5.97 Å². The highest BCUT2D eigenvalue weighted by Crippen LogP contribution is 2.30. The number of benzene rings is 1. The highest BCUT2D eigenvalue weighted by molar-refractivity contribution is 7.17. The topological polar surface area (TPSA) is 64.3 Å². The van der Waals surface area contributed by atoms with Gasteiger partial charge < -0.3 is 10.0 Å². The van der Waals surface area contributed by atoms with E-state index in [1.165, 1.54) is 11.3 Å². The van der Waals surface area contributed by atoms with Crippen molar-refractivity contribution >= 4 is 28.0 Å². The minimum absolute atomic E-state index is 0.299. The van der Waals surface area contributed by atoms with Crippen molar-refractivity contribution in [1.82, 2.24) is 0 Å². The summed E-state index contributed by atoms with van der Waals surface area (Å²) in [6.45, 7) is 0. The summed E-state index contributed by atoms with van der Waals surface area (Å²) in [7, 11) is 1.84. The largest absolute Gasteiger partial charge is 0.477 e. The van der Waals surface area contributed by atoms with E-state index in [1.807, 2.05) is 18.0 Å². The Morgan fingerprint density at radius 2 is 2.17 bits per heavy atom. The third-order valence-corrected chi connectivity index (χ3v) is 3.65. The number of rotatable bonds is 3. The van der Waals surface area contributed by atoms with Crippen molar-refractivity contribution in [2.45, 2.75) is 0 Å². The van der Waals surface area contributed by atoms with Gasteiger partial charge in [-0.25, -0.2) is 4.79 Å². The molecule has 1 N–H and O–H groups in total. The first-order valence-electron chi connectivity index (χ1n) is 5.19. The zero-order chi connectivity index (χ0) is 13.1. The summed E-state index contributed by atoms with van der Waals surface area (Å²) < 4.78 is 0. The highest BCUT2D eigenvalue weighted by Gasteiger charge is 2.11. The lowest BCUT2D eigenvalue weighted by molar-refractivity contribution is 0.0702. The summed E-state index contributed by atoms with van der Waals surface area (Å²) in [4.78, 5) is 13.0. The van der Waals surface area contributed by atoms with Gasteiger partial charge in [-0.05, 0) is 30.3 Å². The Morgan fingerprint density at radius 1 is 1.39 bits per heavy atom. The number of anilines is 2. The van der Waals surface area contributed by atoms with Gasteiger partial charge in [-0.1, -0.05) is 6.07 Å². The lowest BCUT2D eigenvalue weighted by Crippen LogP contribution is -2.07. The second kappa shape index (κ2) is 4.90. The Morgan fingerprint density at radius 3 is 2.78 bits per heavy atom. The molecule has 0 atom stereocenters. The van der Waals surface area contributed by atoms with E-state index in [0.717, 1.165) is 10.7 Å². The Hall–Kier alpha value is -2.32. The van der Waals surface area contributed by atoms with E-state index in [2.05, 4.69) is 6.07 Å². The van der Waals surface area contributed by atoms with Crippen molar-refractivity contribution in [3.63, 3.8) is 0 Å². The van der Waals surface area contributed by atoms with Crippen LogP contribution < -0.4 is 4.90 Å². The van der Waals surface area contributed by atoms with Crippen LogP contribution in [0.25, 0.3) is 0 Å². The molecule has 0 saturated carbocycles. The van der Waals surface area contributed by atoms with Gasteiger partial charge in [0.1, 0.15) is 4.88 Å². The number of carboxylic acid groups (broad SMARTS) is 1. The molecule has 2 rings (SSSR count). The minimum atomic E-state index is -0.926. The zero-order valence-corrected chi connectivity index (χ0v) is 10.4. The van der Waals surface area contributed by atoms with Crippen LogP contribution in [-0.2, 0) is 0 Å². The van der Waals surface area contributed by atoms with Crippen LogP contribution in [-0.4, -0.2) is 18.1 Å². The van der Waals surface area contributed by atoms with Gasteiger partial charge in [-0.15, -0.1) is 11.3 Å². The second-order valence-corrected chi connectivity index (χ2v) is 4.73. The van der Waals surface area contributed by atoms with Crippen molar-refractivity contribution in [1.29, 1.82) is 5.26 Å². The standard InChI is InChI=1S/C13H10N2O2S/c1-15(10-4-2-3-9(7-10)8-14)12-6-5-11(18-12)13(16)17/h2-7H,1H3,(H,16,17). The highest BCUT2D eigenvalue weighted by atomic mass is 32.1. The fourth-order valence-corrected chi connectivity index (χ4v) is 2.36. The molecule has 0 aliphatic heterocycles. The lowest BCUT2D eigenvalue weighted by atomic mass is 10.2. The van der Waals surface area contributed by atoms with E-state index in [0.29, 0.717) is 10.4 Å². The molecule has 0 fully saturated rings. The molecule has 4 nitrogen and oxygen atoms in total. The summed E-state index contributed by atoms with van der Waals surface area (Å²) in [5.74, 6) is -0.926. The van der Waals surface area contributed by atoms with E-state index in [4.69, 9.17) is 10.4 Å². The van der Waals surface area contributed by atoms with E-state index >= 15 is 0 Å². The van der Waals surface area contributed by atoms with Gasteiger partial charge in [0.25, 0.3) is 0 Å². The van der Waals surface area contributed by atoms with Gasteiger partial charge in [-0.3, -0.25) is 0 Å². The SMILES string of the molecule is CN(c1cccc(C#N)c1)c1ccc(C(=O)O)s1. The van der Waals surface area contributed by atoms with Gasteiger partial charge in [0.2, 0.25) is 0 Å². The van der Waals surface area contributed by atoms with Crippen LogP contribution in [0.5, 0.6) is 0 Å². The fraction of sp³-hybridized carbons (Fsp3) is 0.0769. The predicted molar refractivity (Wildman–Crippen MR) is 70.5 cm³/mol. The minimum Gasteiger partial charge on any atom is -0.477 e. The summed E-state index contributed by atoms with van der Waals surface area (Å²) in [5, 5.41) is 18.6.